The Morgan fingerprint density at radius 2 is 1.77 bits per heavy atom. The summed E-state index contributed by atoms with van der Waals surface area (Å²) in [6.45, 7) is 1.65. The normalized spacial score (nSPS) is 12.1. The Balaban J connectivity index is 0.000000764. The molecule has 1 aliphatic carbocycles. The fourth-order valence-corrected chi connectivity index (χ4v) is 3.75. The van der Waals surface area contributed by atoms with Crippen molar-refractivity contribution in [2.75, 3.05) is 47.6 Å². The molecule has 0 spiro atoms. The third kappa shape index (κ3) is 14.3. The molecule has 0 radical (unpaired) electrons. The molecule has 242 valence electrons. The maximum absolute atomic E-state index is 14.3. The monoisotopic (exact) mass is 615 g/mol. The number of anilines is 1. The Labute approximate surface area is 258 Å². The van der Waals surface area contributed by atoms with Crippen LogP contribution in [0.1, 0.15) is 49.3 Å². The standard InChI is InChI=1S/C24H26FN5O3.2C3H9N.CH2O2/c1-15-7-10-18(27-21(32)6-4-2-3-5-11-31)24(33)30(15)14-20-28-22-17(25)13-26-19(23(22)29-20)12-16-8-9-16;2*1-4(2)3;2-1-3/h3,5,7,10-11,13,16H,2,4,6,8-9,12,14H2,1H3,(H,27,32)(H,28,29);2*1-3H3;1H,(H,2,3)/b5-3+;;;. The van der Waals surface area contributed by atoms with Crippen molar-refractivity contribution < 1.29 is 23.9 Å². The first-order valence-electron chi connectivity index (χ1n) is 14.3. The second kappa shape index (κ2) is 19.9. The molecule has 0 unspecified atom stereocenters. The number of nitrogens with zero attached hydrogens (tertiary/aromatic N) is 5. The maximum Gasteiger partial charge on any atom is 0.290 e. The van der Waals surface area contributed by atoms with E-state index in [0.29, 0.717) is 42.1 Å². The summed E-state index contributed by atoms with van der Waals surface area (Å²) in [5.74, 6) is 0.262. The van der Waals surface area contributed by atoms with Gasteiger partial charge in [0.05, 0.1) is 24.0 Å². The largest absolute Gasteiger partial charge is 0.483 e. The van der Waals surface area contributed by atoms with Crippen molar-refractivity contribution in [2.24, 2.45) is 5.92 Å². The highest BCUT2D eigenvalue weighted by molar-refractivity contribution is 5.90. The number of carboxylic acid groups (broad SMARTS) is 1. The number of allylic oxidation sites excluding steroid dienone is 2. The fraction of sp³-hybridized carbons (Fsp3) is 0.484. The first kappa shape index (κ1) is 37.8. The summed E-state index contributed by atoms with van der Waals surface area (Å²) in [5, 5.41) is 9.55. The van der Waals surface area contributed by atoms with Crippen molar-refractivity contribution in [3.8, 4) is 0 Å². The number of aromatic amines is 1. The summed E-state index contributed by atoms with van der Waals surface area (Å²) >= 11 is 0. The number of unbranched alkanes of at least 4 members (excludes halogenated alkanes) is 1. The Bertz CT molecular complexity index is 1420. The Kier molecular flexibility index (Phi) is 17.1. The van der Waals surface area contributed by atoms with Crippen molar-refractivity contribution in [2.45, 2.75) is 52.0 Å². The van der Waals surface area contributed by atoms with Gasteiger partial charge in [-0.05, 0) is 105 Å². The molecule has 13 heteroatoms. The van der Waals surface area contributed by atoms with Crippen LogP contribution in [0.2, 0.25) is 0 Å². The minimum atomic E-state index is -0.500. The second-order valence-electron chi connectivity index (χ2n) is 11.2. The van der Waals surface area contributed by atoms with Gasteiger partial charge in [0.15, 0.2) is 5.82 Å². The number of aromatic nitrogens is 4. The van der Waals surface area contributed by atoms with Gasteiger partial charge in [-0.15, -0.1) is 0 Å². The van der Waals surface area contributed by atoms with E-state index in [-0.39, 0.29) is 42.1 Å². The third-order valence-corrected chi connectivity index (χ3v) is 5.74. The molecule has 1 saturated carbocycles. The van der Waals surface area contributed by atoms with E-state index in [2.05, 4.69) is 20.3 Å². The average molecular weight is 616 g/mol. The van der Waals surface area contributed by atoms with Crippen LogP contribution >= 0.6 is 0 Å². The van der Waals surface area contributed by atoms with Gasteiger partial charge < -0.3 is 29.8 Å². The van der Waals surface area contributed by atoms with Crippen molar-refractivity contribution in [3.63, 3.8) is 0 Å². The van der Waals surface area contributed by atoms with Gasteiger partial charge >= 0.3 is 0 Å². The molecular formula is C31H46FN7O5. The van der Waals surface area contributed by atoms with E-state index >= 15 is 0 Å². The number of carbonyl (C=O) groups excluding carboxylic acids is 2. The Hall–Kier alpha value is -4.23. The molecule has 0 aliphatic heterocycles. The molecule has 12 nitrogen and oxygen atoms in total. The SMILES string of the molecule is CN(C)C.CN(C)C.Cc1ccc(NC(=O)CCC/C=C/C=O)c(=O)n1Cc1nc2c(F)cnc(CC3CC3)c2[nH]1.O=CO. The number of imidazole rings is 1. The number of H-pyrrole nitrogens is 1. The van der Waals surface area contributed by atoms with Gasteiger partial charge in [-0.1, -0.05) is 6.08 Å². The molecule has 3 aromatic heterocycles. The summed E-state index contributed by atoms with van der Waals surface area (Å²) in [5.41, 5.74) is 2.11. The lowest BCUT2D eigenvalue weighted by Gasteiger charge is -2.11. The van der Waals surface area contributed by atoms with E-state index in [1.807, 2.05) is 52.1 Å². The van der Waals surface area contributed by atoms with Crippen LogP contribution in [-0.4, -0.2) is 95.4 Å². The van der Waals surface area contributed by atoms with Crippen molar-refractivity contribution in [3.05, 3.63) is 63.9 Å². The number of aldehydes is 1. The summed E-state index contributed by atoms with van der Waals surface area (Å²) in [4.78, 5) is 59.6. The lowest BCUT2D eigenvalue weighted by molar-refractivity contribution is -0.123. The number of carbonyl (C=O) groups is 3. The first-order valence-corrected chi connectivity index (χ1v) is 14.3. The van der Waals surface area contributed by atoms with Crippen molar-refractivity contribution in [1.82, 2.24) is 29.3 Å². The first-order chi connectivity index (χ1) is 20.8. The third-order valence-electron chi connectivity index (χ3n) is 5.74. The molecule has 1 aliphatic rings. The molecule has 3 aromatic rings. The molecule has 1 amide bonds. The smallest absolute Gasteiger partial charge is 0.290 e. The van der Waals surface area contributed by atoms with Crippen LogP contribution < -0.4 is 10.9 Å². The highest BCUT2D eigenvalue weighted by Gasteiger charge is 2.24. The maximum atomic E-state index is 14.3. The number of hydrogen-bond donors (Lipinski definition) is 3. The summed E-state index contributed by atoms with van der Waals surface area (Å²) in [6, 6.07) is 3.32. The van der Waals surface area contributed by atoms with Crippen molar-refractivity contribution >= 4 is 35.4 Å². The van der Waals surface area contributed by atoms with Crippen LogP contribution in [-0.2, 0) is 27.3 Å². The Morgan fingerprint density at radius 1 is 1.16 bits per heavy atom. The lowest BCUT2D eigenvalue weighted by atomic mass is 10.2. The average Bonchev–Trinajstić information content (AvgIpc) is 3.65. The molecule has 0 bridgehead atoms. The van der Waals surface area contributed by atoms with E-state index in [1.165, 1.54) is 16.8 Å². The molecule has 3 heterocycles. The number of halogens is 1. The molecule has 0 atom stereocenters. The van der Waals surface area contributed by atoms with E-state index in [0.717, 1.165) is 25.0 Å². The van der Waals surface area contributed by atoms with Gasteiger partial charge in [0, 0.05) is 12.1 Å². The number of amides is 1. The van der Waals surface area contributed by atoms with Gasteiger partial charge in [0.2, 0.25) is 5.91 Å². The zero-order valence-corrected chi connectivity index (χ0v) is 26.8. The van der Waals surface area contributed by atoms with Gasteiger partial charge in [-0.3, -0.25) is 24.2 Å². The molecule has 0 saturated heterocycles. The lowest BCUT2D eigenvalue weighted by Crippen LogP contribution is -2.27. The van der Waals surface area contributed by atoms with Gasteiger partial charge in [0.1, 0.15) is 23.3 Å². The molecule has 1 fully saturated rings. The van der Waals surface area contributed by atoms with E-state index < -0.39 is 5.82 Å². The summed E-state index contributed by atoms with van der Waals surface area (Å²) < 4.78 is 15.8. The zero-order chi connectivity index (χ0) is 33.2. The molecule has 3 N–H and O–H groups in total. The van der Waals surface area contributed by atoms with Gasteiger partial charge in [-0.25, -0.2) is 9.37 Å². The Morgan fingerprint density at radius 3 is 2.34 bits per heavy atom. The highest BCUT2D eigenvalue weighted by atomic mass is 19.1. The van der Waals surface area contributed by atoms with Crippen LogP contribution in [0, 0.1) is 18.7 Å². The van der Waals surface area contributed by atoms with E-state index in [1.54, 1.807) is 25.1 Å². The highest BCUT2D eigenvalue weighted by Crippen LogP contribution is 2.33. The quantitative estimate of drug-likeness (QED) is 0.177. The second-order valence-corrected chi connectivity index (χ2v) is 11.2. The zero-order valence-electron chi connectivity index (χ0n) is 26.8. The van der Waals surface area contributed by atoms with Crippen LogP contribution in [0.4, 0.5) is 10.1 Å². The minimum Gasteiger partial charge on any atom is -0.483 e. The molecule has 0 aromatic carbocycles. The summed E-state index contributed by atoms with van der Waals surface area (Å²) in [6.07, 6.45) is 9.48. The van der Waals surface area contributed by atoms with Crippen LogP contribution in [0.15, 0.2) is 35.3 Å². The number of hydrogen-bond acceptors (Lipinski definition) is 8. The topological polar surface area (TPSA) is 154 Å². The van der Waals surface area contributed by atoms with Crippen LogP contribution in [0.3, 0.4) is 0 Å². The van der Waals surface area contributed by atoms with Crippen LogP contribution in [0.25, 0.3) is 11.0 Å². The van der Waals surface area contributed by atoms with Crippen molar-refractivity contribution in [1.29, 1.82) is 0 Å². The number of pyridine rings is 2. The molecule has 44 heavy (non-hydrogen) atoms. The number of fused-ring (bicyclic) bond motifs is 1. The van der Waals surface area contributed by atoms with Crippen LogP contribution in [0.5, 0.6) is 0 Å². The number of nitrogens with one attached hydrogen (secondary N) is 2. The van der Waals surface area contributed by atoms with Gasteiger partial charge in [-0.2, -0.15) is 0 Å². The number of aryl methyl sites for hydroxylation is 1. The molecular weight excluding hydrogens is 569 g/mol. The minimum absolute atomic E-state index is 0.113. The predicted molar refractivity (Wildman–Crippen MR) is 170 cm³/mol. The fourth-order valence-electron chi connectivity index (χ4n) is 3.75. The van der Waals surface area contributed by atoms with Gasteiger partial charge in [0.25, 0.3) is 12.0 Å². The number of rotatable bonds is 10. The summed E-state index contributed by atoms with van der Waals surface area (Å²) in [7, 11) is 12.0. The van der Waals surface area contributed by atoms with E-state index in [9.17, 15) is 18.8 Å². The predicted octanol–water partition coefficient (Wildman–Crippen LogP) is 3.49. The molecule has 4 rings (SSSR count). The van der Waals surface area contributed by atoms with E-state index in [4.69, 9.17) is 9.90 Å².